The van der Waals surface area contributed by atoms with Crippen molar-refractivity contribution in [2.24, 2.45) is 17.2 Å². The first-order valence-corrected chi connectivity index (χ1v) is 4.10. The summed E-state index contributed by atoms with van der Waals surface area (Å²) in [7, 11) is 0. The fourth-order valence-corrected chi connectivity index (χ4v) is 0.723. The maximum absolute atomic E-state index is 5.55. The molecule has 4 heteroatoms. The van der Waals surface area contributed by atoms with Gasteiger partial charge in [-0.2, -0.15) is 0 Å². The molecule has 4 nitrogen and oxygen atoms in total. The van der Waals surface area contributed by atoms with E-state index in [0.717, 1.165) is 25.9 Å². The smallest absolute Gasteiger partial charge is 0.0533 e. The second kappa shape index (κ2) is 6.54. The molecule has 0 aliphatic heterocycles. The number of nitrogens with two attached hydrogens (primary N) is 3. The number of rotatable bonds is 6. The topological polar surface area (TPSA) is 90.1 Å². The van der Waals surface area contributed by atoms with E-state index in [2.05, 4.69) is 5.32 Å². The summed E-state index contributed by atoms with van der Waals surface area (Å²) in [5.74, 6) is 0. The van der Waals surface area contributed by atoms with E-state index < -0.39 is 0 Å². The Kier molecular flexibility index (Phi) is 6.45. The quantitative estimate of drug-likeness (QED) is 0.295. The van der Waals surface area contributed by atoms with E-state index in [-0.39, 0.29) is 12.2 Å². The Morgan fingerprint density at radius 2 is 1.64 bits per heavy atom. The lowest BCUT2D eigenvalue weighted by atomic mass is 10.2. The van der Waals surface area contributed by atoms with Crippen LogP contribution in [0.1, 0.15) is 19.8 Å². The average Bonchev–Trinajstić information content (AvgIpc) is 1.85. The van der Waals surface area contributed by atoms with Gasteiger partial charge in [-0.1, -0.05) is 0 Å². The van der Waals surface area contributed by atoms with Crippen molar-refractivity contribution in [2.75, 3.05) is 13.1 Å². The zero-order valence-corrected chi connectivity index (χ0v) is 7.22. The Bertz CT molecular complexity index is 72.5. The first kappa shape index (κ1) is 10.8. The molecule has 68 valence electrons. The maximum Gasteiger partial charge on any atom is 0.0533 e. The third kappa shape index (κ3) is 9.84. The van der Waals surface area contributed by atoms with Gasteiger partial charge >= 0.3 is 0 Å². The molecule has 0 bridgehead atoms. The van der Waals surface area contributed by atoms with E-state index in [0.29, 0.717) is 0 Å². The SMILES string of the molecule is CC(N)CCNCCC(N)N. The minimum atomic E-state index is -0.196. The van der Waals surface area contributed by atoms with Gasteiger partial charge < -0.3 is 22.5 Å². The van der Waals surface area contributed by atoms with E-state index >= 15 is 0 Å². The van der Waals surface area contributed by atoms with Crippen LogP contribution in [0.2, 0.25) is 0 Å². The van der Waals surface area contributed by atoms with Crippen molar-refractivity contribution >= 4 is 0 Å². The Morgan fingerprint density at radius 1 is 1.09 bits per heavy atom. The summed E-state index contributed by atoms with van der Waals surface area (Å²) in [5.41, 5.74) is 16.2. The second-order valence-corrected chi connectivity index (χ2v) is 2.97. The average molecular weight is 160 g/mol. The first-order valence-electron chi connectivity index (χ1n) is 4.10. The van der Waals surface area contributed by atoms with Gasteiger partial charge in [-0.25, -0.2) is 0 Å². The molecule has 0 saturated heterocycles. The zero-order chi connectivity index (χ0) is 8.69. The van der Waals surface area contributed by atoms with Crippen molar-refractivity contribution in [1.29, 1.82) is 0 Å². The standard InChI is InChI=1S/C7H20N4/c1-6(8)2-4-11-5-3-7(9)10/h6-7,11H,2-5,8-10H2,1H3. The molecule has 7 N–H and O–H groups in total. The highest BCUT2D eigenvalue weighted by Crippen LogP contribution is 1.83. The molecule has 0 rings (SSSR count). The van der Waals surface area contributed by atoms with E-state index in [4.69, 9.17) is 17.2 Å². The van der Waals surface area contributed by atoms with Gasteiger partial charge in [0.15, 0.2) is 0 Å². The summed E-state index contributed by atoms with van der Waals surface area (Å²) in [6, 6.07) is 0.272. The lowest BCUT2D eigenvalue weighted by Gasteiger charge is -2.08. The van der Waals surface area contributed by atoms with Crippen molar-refractivity contribution in [3.05, 3.63) is 0 Å². The van der Waals surface area contributed by atoms with Crippen molar-refractivity contribution in [2.45, 2.75) is 32.0 Å². The van der Waals surface area contributed by atoms with Crippen LogP contribution in [0.5, 0.6) is 0 Å². The van der Waals surface area contributed by atoms with Gasteiger partial charge in [0, 0.05) is 6.04 Å². The second-order valence-electron chi connectivity index (χ2n) is 2.97. The van der Waals surface area contributed by atoms with Gasteiger partial charge in [-0.3, -0.25) is 0 Å². The summed E-state index contributed by atoms with van der Waals surface area (Å²) in [4.78, 5) is 0. The molecule has 0 fully saturated rings. The van der Waals surface area contributed by atoms with Crippen LogP contribution in [0.3, 0.4) is 0 Å². The van der Waals surface area contributed by atoms with Crippen LogP contribution in [-0.4, -0.2) is 25.3 Å². The Morgan fingerprint density at radius 3 is 2.09 bits per heavy atom. The van der Waals surface area contributed by atoms with Gasteiger partial charge in [0.1, 0.15) is 0 Å². The Balaban J connectivity index is 2.91. The zero-order valence-electron chi connectivity index (χ0n) is 7.22. The van der Waals surface area contributed by atoms with Crippen molar-refractivity contribution in [3.63, 3.8) is 0 Å². The maximum atomic E-state index is 5.55. The van der Waals surface area contributed by atoms with Crippen LogP contribution in [0.25, 0.3) is 0 Å². The van der Waals surface area contributed by atoms with E-state index in [1.54, 1.807) is 0 Å². The predicted octanol–water partition coefficient (Wildman–Crippen LogP) is -1.05. The molecule has 0 spiro atoms. The molecule has 0 aliphatic rings. The van der Waals surface area contributed by atoms with Crippen LogP contribution in [0.15, 0.2) is 0 Å². The summed E-state index contributed by atoms with van der Waals surface area (Å²) in [6.45, 7) is 3.82. The molecule has 1 atom stereocenters. The predicted molar refractivity (Wildman–Crippen MR) is 47.9 cm³/mol. The van der Waals surface area contributed by atoms with Crippen LogP contribution in [-0.2, 0) is 0 Å². The van der Waals surface area contributed by atoms with Gasteiger partial charge in [0.25, 0.3) is 0 Å². The van der Waals surface area contributed by atoms with Crippen LogP contribution < -0.4 is 22.5 Å². The molecule has 0 aromatic carbocycles. The molecule has 0 amide bonds. The lowest BCUT2D eigenvalue weighted by Crippen LogP contribution is -2.35. The van der Waals surface area contributed by atoms with Gasteiger partial charge in [0.05, 0.1) is 6.17 Å². The Hall–Kier alpha value is -0.160. The minimum Gasteiger partial charge on any atom is -0.328 e. The normalized spacial score (nSPS) is 13.9. The lowest BCUT2D eigenvalue weighted by molar-refractivity contribution is 0.543. The third-order valence-electron chi connectivity index (χ3n) is 1.43. The molecular weight excluding hydrogens is 140 g/mol. The van der Waals surface area contributed by atoms with E-state index in [1.165, 1.54) is 0 Å². The third-order valence-corrected chi connectivity index (χ3v) is 1.43. The summed E-state index contributed by atoms with van der Waals surface area (Å²) < 4.78 is 0. The molecule has 0 aromatic heterocycles. The highest BCUT2D eigenvalue weighted by molar-refractivity contribution is 4.58. The minimum absolute atomic E-state index is 0.196. The number of hydrogen-bond donors (Lipinski definition) is 4. The fraction of sp³-hybridized carbons (Fsp3) is 1.00. The van der Waals surface area contributed by atoms with Gasteiger partial charge in [-0.05, 0) is 32.9 Å². The Labute approximate surface area is 68.5 Å². The summed E-state index contributed by atoms with van der Waals surface area (Å²) in [5, 5.41) is 3.21. The molecule has 0 saturated carbocycles. The van der Waals surface area contributed by atoms with Gasteiger partial charge in [-0.15, -0.1) is 0 Å². The molecule has 0 heterocycles. The van der Waals surface area contributed by atoms with E-state index in [1.807, 2.05) is 6.92 Å². The number of hydrogen-bond acceptors (Lipinski definition) is 4. The molecular formula is C7H20N4. The molecule has 11 heavy (non-hydrogen) atoms. The van der Waals surface area contributed by atoms with Crippen LogP contribution in [0.4, 0.5) is 0 Å². The van der Waals surface area contributed by atoms with Crippen molar-refractivity contribution < 1.29 is 0 Å². The number of nitrogens with one attached hydrogen (secondary N) is 1. The van der Waals surface area contributed by atoms with Crippen molar-refractivity contribution in [1.82, 2.24) is 5.32 Å². The monoisotopic (exact) mass is 160 g/mol. The van der Waals surface area contributed by atoms with Crippen molar-refractivity contribution in [3.8, 4) is 0 Å². The summed E-state index contributed by atoms with van der Waals surface area (Å²) in [6.07, 6.45) is 1.62. The fourth-order valence-electron chi connectivity index (χ4n) is 0.723. The van der Waals surface area contributed by atoms with Crippen LogP contribution >= 0.6 is 0 Å². The molecule has 1 unspecified atom stereocenters. The first-order chi connectivity index (χ1) is 5.13. The molecule has 0 radical (unpaired) electrons. The van der Waals surface area contributed by atoms with E-state index in [9.17, 15) is 0 Å². The van der Waals surface area contributed by atoms with Crippen LogP contribution in [0, 0.1) is 0 Å². The summed E-state index contributed by atoms with van der Waals surface area (Å²) >= 11 is 0. The highest BCUT2D eigenvalue weighted by Gasteiger charge is 1.94. The largest absolute Gasteiger partial charge is 0.328 e. The molecule has 0 aliphatic carbocycles. The molecule has 0 aromatic rings. The highest BCUT2D eigenvalue weighted by atomic mass is 14.9. The van der Waals surface area contributed by atoms with Gasteiger partial charge in [0.2, 0.25) is 0 Å².